The molecule has 1 aliphatic heterocycles. The van der Waals surface area contributed by atoms with Crippen LogP contribution >= 0.6 is 0 Å². The van der Waals surface area contributed by atoms with Gasteiger partial charge in [-0.2, -0.15) is 0 Å². The molecule has 2 fully saturated rings. The average molecular weight is 335 g/mol. The van der Waals surface area contributed by atoms with Crippen molar-refractivity contribution in [1.82, 2.24) is 0 Å². The molecule has 3 rings (SSSR count). The van der Waals surface area contributed by atoms with Gasteiger partial charge in [-0.3, -0.25) is 4.79 Å². The van der Waals surface area contributed by atoms with Crippen molar-refractivity contribution >= 4 is 5.97 Å². The van der Waals surface area contributed by atoms with Crippen LogP contribution in [0.5, 0.6) is 0 Å². The maximum absolute atomic E-state index is 11.9. The van der Waals surface area contributed by atoms with E-state index in [9.17, 15) is 4.79 Å². The summed E-state index contributed by atoms with van der Waals surface area (Å²) in [5.74, 6) is 0.473. The summed E-state index contributed by atoms with van der Waals surface area (Å²) in [5.41, 5.74) is 1.27. The monoisotopic (exact) mass is 334 g/mol. The van der Waals surface area contributed by atoms with Gasteiger partial charge in [0.1, 0.15) is 0 Å². The molecule has 1 saturated heterocycles. The minimum absolute atomic E-state index is 0.154. The minimum atomic E-state index is -0.408. The lowest BCUT2D eigenvalue weighted by Gasteiger charge is -2.61. The van der Waals surface area contributed by atoms with E-state index in [1.54, 1.807) is 0 Å². The standard InChI is InChI=1S/C21H34O3/c1-15-8-9-16-18(2,3)10-7-11-20(16,5)21(15)13-12-19(4,24-21)14-17(22)23-6/h8,16H,7,9-14H2,1-6H3/t16-,19-,20-,21+/m0/s1. The maximum Gasteiger partial charge on any atom is 0.308 e. The summed E-state index contributed by atoms with van der Waals surface area (Å²) in [7, 11) is 1.46. The zero-order valence-electron chi connectivity index (χ0n) is 16.3. The Morgan fingerprint density at radius 1 is 1.21 bits per heavy atom. The fraction of sp³-hybridized carbons (Fsp3) is 0.857. The third-order valence-electron chi connectivity index (χ3n) is 7.62. The van der Waals surface area contributed by atoms with E-state index in [0.717, 1.165) is 19.3 Å². The second kappa shape index (κ2) is 5.59. The van der Waals surface area contributed by atoms with Crippen LogP contribution in [-0.2, 0) is 14.3 Å². The molecule has 0 N–H and O–H groups in total. The molecule has 2 aliphatic carbocycles. The summed E-state index contributed by atoms with van der Waals surface area (Å²) in [6.07, 6.45) is 9.67. The van der Waals surface area contributed by atoms with E-state index in [1.807, 2.05) is 0 Å². The average Bonchev–Trinajstić information content (AvgIpc) is 2.83. The van der Waals surface area contributed by atoms with E-state index in [4.69, 9.17) is 9.47 Å². The minimum Gasteiger partial charge on any atom is -0.469 e. The van der Waals surface area contributed by atoms with Crippen LogP contribution in [0.25, 0.3) is 0 Å². The molecule has 4 atom stereocenters. The van der Waals surface area contributed by atoms with E-state index in [2.05, 4.69) is 40.7 Å². The molecule has 0 radical (unpaired) electrons. The van der Waals surface area contributed by atoms with E-state index in [1.165, 1.54) is 31.9 Å². The number of carbonyl (C=O) groups excluding carboxylic acids is 1. The maximum atomic E-state index is 11.9. The van der Waals surface area contributed by atoms with Gasteiger partial charge in [-0.05, 0) is 62.9 Å². The van der Waals surface area contributed by atoms with Crippen molar-refractivity contribution in [3.63, 3.8) is 0 Å². The highest BCUT2D eigenvalue weighted by molar-refractivity contribution is 5.70. The number of hydrogen-bond acceptors (Lipinski definition) is 3. The lowest BCUT2D eigenvalue weighted by Crippen LogP contribution is -2.59. The number of fused-ring (bicyclic) bond motifs is 2. The van der Waals surface area contributed by atoms with Crippen molar-refractivity contribution in [1.29, 1.82) is 0 Å². The summed E-state index contributed by atoms with van der Waals surface area (Å²) >= 11 is 0. The van der Waals surface area contributed by atoms with Crippen LogP contribution in [0.4, 0.5) is 0 Å². The van der Waals surface area contributed by atoms with Gasteiger partial charge in [0.2, 0.25) is 0 Å². The number of ether oxygens (including phenoxy) is 2. The van der Waals surface area contributed by atoms with E-state index in [-0.39, 0.29) is 17.0 Å². The quantitative estimate of drug-likeness (QED) is 0.524. The Morgan fingerprint density at radius 2 is 1.92 bits per heavy atom. The van der Waals surface area contributed by atoms with Gasteiger partial charge in [0.05, 0.1) is 24.7 Å². The molecule has 1 spiro atoms. The number of hydrogen-bond donors (Lipinski definition) is 0. The molecule has 3 heteroatoms. The van der Waals surface area contributed by atoms with Crippen LogP contribution in [0.2, 0.25) is 0 Å². The Labute approximate surface area is 147 Å². The zero-order chi connectivity index (χ0) is 17.8. The molecule has 0 bridgehead atoms. The predicted octanol–water partition coefficient (Wildman–Crippen LogP) is 5.04. The highest BCUT2D eigenvalue weighted by Crippen LogP contribution is 2.66. The molecular weight excluding hydrogens is 300 g/mol. The molecule has 0 aromatic heterocycles. The van der Waals surface area contributed by atoms with Crippen LogP contribution in [-0.4, -0.2) is 24.3 Å². The Morgan fingerprint density at radius 3 is 2.58 bits per heavy atom. The van der Waals surface area contributed by atoms with Gasteiger partial charge < -0.3 is 9.47 Å². The highest BCUT2D eigenvalue weighted by atomic mass is 16.5. The summed E-state index contributed by atoms with van der Waals surface area (Å²) in [5, 5.41) is 0. The summed E-state index contributed by atoms with van der Waals surface area (Å²) in [6.45, 7) is 11.7. The summed E-state index contributed by atoms with van der Waals surface area (Å²) in [6, 6.07) is 0. The van der Waals surface area contributed by atoms with Crippen molar-refractivity contribution in [3.8, 4) is 0 Å². The van der Waals surface area contributed by atoms with Crippen molar-refractivity contribution in [2.24, 2.45) is 16.7 Å². The first kappa shape index (κ1) is 18.0. The first-order valence-corrected chi connectivity index (χ1v) is 9.53. The van der Waals surface area contributed by atoms with Crippen molar-refractivity contribution in [3.05, 3.63) is 11.6 Å². The Bertz CT molecular complexity index is 563. The van der Waals surface area contributed by atoms with Gasteiger partial charge >= 0.3 is 5.97 Å². The lowest BCUT2D eigenvalue weighted by molar-refractivity contribution is -0.193. The van der Waals surface area contributed by atoms with Crippen LogP contribution in [0.1, 0.15) is 79.6 Å². The van der Waals surface area contributed by atoms with Crippen LogP contribution in [0.3, 0.4) is 0 Å². The largest absolute Gasteiger partial charge is 0.469 e. The molecule has 3 aliphatic rings. The second-order valence-corrected chi connectivity index (χ2v) is 9.57. The number of methoxy groups -OCH3 is 1. The summed E-state index contributed by atoms with van der Waals surface area (Å²) in [4.78, 5) is 11.9. The van der Waals surface area contributed by atoms with Gasteiger partial charge in [-0.1, -0.05) is 33.3 Å². The Balaban J connectivity index is 1.98. The third-order valence-corrected chi connectivity index (χ3v) is 7.62. The Kier molecular flexibility index (Phi) is 4.18. The number of esters is 1. The molecular formula is C21H34O3. The molecule has 1 heterocycles. The molecule has 0 aromatic carbocycles. The van der Waals surface area contributed by atoms with Crippen LogP contribution in [0.15, 0.2) is 11.6 Å². The number of allylic oxidation sites excluding steroid dienone is 1. The van der Waals surface area contributed by atoms with Gasteiger partial charge in [-0.15, -0.1) is 0 Å². The normalized spacial score (nSPS) is 44.1. The lowest BCUT2D eigenvalue weighted by atomic mass is 9.46. The van der Waals surface area contributed by atoms with Gasteiger partial charge in [-0.25, -0.2) is 0 Å². The van der Waals surface area contributed by atoms with Gasteiger partial charge in [0.25, 0.3) is 0 Å². The second-order valence-electron chi connectivity index (χ2n) is 9.57. The fourth-order valence-corrected chi connectivity index (χ4v) is 6.24. The fourth-order valence-electron chi connectivity index (χ4n) is 6.24. The highest BCUT2D eigenvalue weighted by Gasteiger charge is 2.64. The van der Waals surface area contributed by atoms with Gasteiger partial charge in [0, 0.05) is 5.41 Å². The summed E-state index contributed by atoms with van der Waals surface area (Å²) < 4.78 is 11.8. The molecule has 0 unspecified atom stereocenters. The van der Waals surface area contributed by atoms with Crippen molar-refractivity contribution in [2.45, 2.75) is 90.8 Å². The van der Waals surface area contributed by atoms with E-state index >= 15 is 0 Å². The molecule has 3 nitrogen and oxygen atoms in total. The molecule has 0 aromatic rings. The number of carbonyl (C=O) groups is 1. The molecule has 1 saturated carbocycles. The van der Waals surface area contributed by atoms with E-state index in [0.29, 0.717) is 17.8 Å². The van der Waals surface area contributed by atoms with Gasteiger partial charge in [0.15, 0.2) is 0 Å². The van der Waals surface area contributed by atoms with Crippen molar-refractivity contribution < 1.29 is 14.3 Å². The molecule has 24 heavy (non-hydrogen) atoms. The Hall–Kier alpha value is -0.830. The van der Waals surface area contributed by atoms with Crippen LogP contribution in [0, 0.1) is 16.7 Å². The van der Waals surface area contributed by atoms with E-state index < -0.39 is 5.60 Å². The number of rotatable bonds is 2. The molecule has 136 valence electrons. The van der Waals surface area contributed by atoms with Crippen molar-refractivity contribution in [2.75, 3.05) is 7.11 Å². The van der Waals surface area contributed by atoms with Crippen LogP contribution < -0.4 is 0 Å². The SMILES string of the molecule is COC(=O)C[C@]1(C)CC[C@@]2(O1)C(C)=CC[C@H]1C(C)(C)CCC[C@@]12C. The topological polar surface area (TPSA) is 35.5 Å². The smallest absolute Gasteiger partial charge is 0.308 e. The molecule has 0 amide bonds. The predicted molar refractivity (Wildman–Crippen MR) is 95.7 cm³/mol. The first-order valence-electron chi connectivity index (χ1n) is 9.53. The zero-order valence-corrected chi connectivity index (χ0v) is 16.3. The third kappa shape index (κ3) is 2.46. The first-order chi connectivity index (χ1) is 11.1.